The van der Waals surface area contributed by atoms with E-state index in [1.165, 1.54) is 18.5 Å². The van der Waals surface area contributed by atoms with Crippen LogP contribution in [0.15, 0.2) is 67.1 Å². The topological polar surface area (TPSA) is 79.8 Å². The van der Waals surface area contributed by atoms with Crippen molar-refractivity contribution < 1.29 is 13.6 Å². The summed E-state index contributed by atoms with van der Waals surface area (Å²) in [4.78, 5) is 24.7. The Bertz CT molecular complexity index is 1140. The number of aromatic nitrogens is 3. The molecule has 0 fully saturated rings. The number of hydrogen-bond acceptors (Lipinski definition) is 5. The highest BCUT2D eigenvalue weighted by Crippen LogP contribution is 2.23. The second-order valence-corrected chi connectivity index (χ2v) is 5.84. The fourth-order valence-electron chi connectivity index (χ4n) is 2.65. The van der Waals surface area contributed by atoms with Crippen LogP contribution in [-0.4, -0.2) is 20.9 Å². The van der Waals surface area contributed by atoms with Crippen molar-refractivity contribution in [3.63, 3.8) is 0 Å². The molecule has 0 aliphatic heterocycles. The van der Waals surface area contributed by atoms with E-state index in [1.54, 1.807) is 18.3 Å². The maximum atomic E-state index is 13.7. The molecule has 0 saturated carbocycles. The lowest BCUT2D eigenvalue weighted by atomic mass is 10.2. The van der Waals surface area contributed by atoms with Gasteiger partial charge in [-0.1, -0.05) is 24.3 Å². The van der Waals surface area contributed by atoms with Crippen molar-refractivity contribution in [1.29, 1.82) is 0 Å². The highest BCUT2D eigenvalue weighted by molar-refractivity contribution is 6.07. The Morgan fingerprint density at radius 2 is 1.61 bits per heavy atom. The maximum absolute atomic E-state index is 13.7. The monoisotopic (exact) mass is 377 g/mol. The molecule has 0 bridgehead atoms. The summed E-state index contributed by atoms with van der Waals surface area (Å²) in [6.45, 7) is 0. The molecular formula is C20H13F2N5O. The van der Waals surface area contributed by atoms with Gasteiger partial charge in [0.1, 0.15) is 28.8 Å². The van der Waals surface area contributed by atoms with Gasteiger partial charge >= 0.3 is 0 Å². The lowest BCUT2D eigenvalue weighted by Crippen LogP contribution is -2.14. The van der Waals surface area contributed by atoms with Crippen LogP contribution < -0.4 is 10.6 Å². The maximum Gasteiger partial charge on any atom is 0.275 e. The molecule has 0 spiro atoms. The molecule has 1 amide bonds. The van der Waals surface area contributed by atoms with Gasteiger partial charge in [0.05, 0.1) is 23.6 Å². The Morgan fingerprint density at radius 3 is 2.36 bits per heavy atom. The molecule has 2 aromatic heterocycles. The van der Waals surface area contributed by atoms with Gasteiger partial charge in [-0.25, -0.2) is 18.7 Å². The number of para-hydroxylation sites is 2. The Balaban J connectivity index is 1.53. The molecule has 0 radical (unpaired) electrons. The predicted molar refractivity (Wildman–Crippen MR) is 101 cm³/mol. The van der Waals surface area contributed by atoms with Crippen LogP contribution in [0, 0.1) is 11.6 Å². The van der Waals surface area contributed by atoms with E-state index in [4.69, 9.17) is 0 Å². The lowest BCUT2D eigenvalue weighted by Gasteiger charge is -2.09. The average molecular weight is 377 g/mol. The van der Waals surface area contributed by atoms with Crippen LogP contribution in [0.2, 0.25) is 0 Å². The van der Waals surface area contributed by atoms with Crippen LogP contribution in [0.1, 0.15) is 10.5 Å². The molecule has 0 saturated heterocycles. The zero-order valence-electron chi connectivity index (χ0n) is 14.4. The van der Waals surface area contributed by atoms with Gasteiger partial charge < -0.3 is 10.6 Å². The van der Waals surface area contributed by atoms with Crippen LogP contribution >= 0.6 is 0 Å². The fourth-order valence-corrected chi connectivity index (χ4v) is 2.65. The van der Waals surface area contributed by atoms with Crippen LogP contribution in [0.25, 0.3) is 10.9 Å². The molecule has 6 nitrogen and oxygen atoms in total. The second kappa shape index (κ2) is 7.36. The quantitative estimate of drug-likeness (QED) is 0.554. The van der Waals surface area contributed by atoms with Crippen molar-refractivity contribution in [3.05, 3.63) is 84.4 Å². The minimum absolute atomic E-state index is 0.0486. The number of nitrogens with one attached hydrogen (secondary N) is 2. The first kappa shape index (κ1) is 17.5. The number of anilines is 3. The molecule has 8 heteroatoms. The molecule has 0 aliphatic rings. The summed E-state index contributed by atoms with van der Waals surface area (Å²) in [7, 11) is 0. The molecule has 0 atom stereocenters. The Morgan fingerprint density at radius 1 is 0.857 bits per heavy atom. The number of nitrogens with zero attached hydrogens (tertiary/aromatic N) is 3. The van der Waals surface area contributed by atoms with E-state index in [9.17, 15) is 13.6 Å². The molecule has 4 aromatic rings. The van der Waals surface area contributed by atoms with E-state index in [2.05, 4.69) is 25.6 Å². The van der Waals surface area contributed by atoms with Gasteiger partial charge in [-0.05, 0) is 24.3 Å². The van der Waals surface area contributed by atoms with E-state index in [1.807, 2.05) is 18.2 Å². The summed E-state index contributed by atoms with van der Waals surface area (Å²) < 4.78 is 27.4. The number of carbonyl (C=O) groups is 1. The van der Waals surface area contributed by atoms with Crippen LogP contribution in [-0.2, 0) is 0 Å². The first-order valence-corrected chi connectivity index (χ1v) is 8.30. The molecular weight excluding hydrogens is 364 g/mol. The lowest BCUT2D eigenvalue weighted by molar-refractivity contribution is 0.102. The third-order valence-corrected chi connectivity index (χ3v) is 3.98. The molecule has 2 N–H and O–H groups in total. The third-order valence-electron chi connectivity index (χ3n) is 3.98. The van der Waals surface area contributed by atoms with E-state index >= 15 is 0 Å². The molecule has 138 valence electrons. The van der Waals surface area contributed by atoms with E-state index in [0.717, 1.165) is 17.5 Å². The minimum Gasteiger partial charge on any atom is -0.334 e. The van der Waals surface area contributed by atoms with E-state index in [0.29, 0.717) is 11.2 Å². The molecule has 28 heavy (non-hydrogen) atoms. The Kier molecular flexibility index (Phi) is 4.59. The molecule has 0 aliphatic carbocycles. The number of hydrogen-bond donors (Lipinski definition) is 2. The van der Waals surface area contributed by atoms with Crippen molar-refractivity contribution in [3.8, 4) is 0 Å². The van der Waals surface area contributed by atoms with Gasteiger partial charge in [-0.2, -0.15) is 0 Å². The number of benzene rings is 2. The normalized spacial score (nSPS) is 10.6. The Hall–Kier alpha value is -3.94. The fraction of sp³-hybridized carbons (Fsp3) is 0. The van der Waals surface area contributed by atoms with Crippen LogP contribution in [0.5, 0.6) is 0 Å². The number of halogens is 2. The predicted octanol–water partition coefficient (Wildman–Crippen LogP) is 4.30. The van der Waals surface area contributed by atoms with Crippen molar-refractivity contribution >= 4 is 34.0 Å². The van der Waals surface area contributed by atoms with E-state index < -0.39 is 17.5 Å². The number of amides is 1. The number of fused-ring (bicyclic) bond motifs is 1. The largest absolute Gasteiger partial charge is 0.334 e. The van der Waals surface area contributed by atoms with Gasteiger partial charge in [-0.3, -0.25) is 9.78 Å². The van der Waals surface area contributed by atoms with Gasteiger partial charge in [0, 0.05) is 11.6 Å². The summed E-state index contributed by atoms with van der Waals surface area (Å²) in [5, 5.41) is 6.15. The third kappa shape index (κ3) is 3.48. The minimum atomic E-state index is -0.757. The smallest absolute Gasteiger partial charge is 0.275 e. The molecule has 0 unspecified atom stereocenters. The van der Waals surface area contributed by atoms with Crippen LogP contribution in [0.3, 0.4) is 0 Å². The summed E-state index contributed by atoms with van der Waals surface area (Å²) in [5.41, 5.74) is 0.906. The van der Waals surface area contributed by atoms with Gasteiger partial charge in [-0.15, -0.1) is 0 Å². The zero-order valence-corrected chi connectivity index (χ0v) is 14.4. The van der Waals surface area contributed by atoms with Crippen molar-refractivity contribution in [2.45, 2.75) is 0 Å². The number of carbonyl (C=O) groups excluding carboxylic acids is 1. The zero-order chi connectivity index (χ0) is 19.5. The molecule has 2 aromatic carbocycles. The van der Waals surface area contributed by atoms with Crippen molar-refractivity contribution in [2.24, 2.45) is 0 Å². The van der Waals surface area contributed by atoms with Gasteiger partial charge in [0.25, 0.3) is 5.91 Å². The summed E-state index contributed by atoms with van der Waals surface area (Å²) in [5.74, 6) is -1.89. The SMILES string of the molecule is O=C(Nc1cccc2cccnc12)c1cnc(Nc2c(F)cccc2F)cn1. The van der Waals surface area contributed by atoms with Crippen LogP contribution in [0.4, 0.5) is 26.0 Å². The first-order valence-electron chi connectivity index (χ1n) is 8.30. The first-order chi connectivity index (χ1) is 13.6. The van der Waals surface area contributed by atoms with Crippen molar-refractivity contribution in [1.82, 2.24) is 15.0 Å². The molecule has 4 rings (SSSR count). The highest BCUT2D eigenvalue weighted by atomic mass is 19.1. The highest BCUT2D eigenvalue weighted by Gasteiger charge is 2.13. The number of rotatable bonds is 4. The summed E-state index contributed by atoms with van der Waals surface area (Å²) in [6, 6.07) is 12.6. The average Bonchev–Trinajstić information content (AvgIpc) is 2.71. The standard InChI is InChI=1S/C20H13F2N5O/c21-13-6-2-7-14(22)19(13)27-17-11-24-16(10-25-17)20(28)26-15-8-1-4-12-5-3-9-23-18(12)15/h1-11H,(H,25,27)(H,26,28). The van der Waals surface area contributed by atoms with E-state index in [-0.39, 0.29) is 17.2 Å². The summed E-state index contributed by atoms with van der Waals surface area (Å²) >= 11 is 0. The number of pyridine rings is 1. The summed E-state index contributed by atoms with van der Waals surface area (Å²) in [6.07, 6.45) is 4.08. The molecule has 2 heterocycles. The van der Waals surface area contributed by atoms with Crippen molar-refractivity contribution in [2.75, 3.05) is 10.6 Å². The Labute approximate surface area is 158 Å². The van der Waals surface area contributed by atoms with Gasteiger partial charge in [0.2, 0.25) is 0 Å². The van der Waals surface area contributed by atoms with Gasteiger partial charge in [0.15, 0.2) is 0 Å². The second-order valence-electron chi connectivity index (χ2n) is 5.84.